The fourth-order valence-corrected chi connectivity index (χ4v) is 2.58. The largest absolute Gasteiger partial charge is 0.450 e. The number of amides is 3. The van der Waals surface area contributed by atoms with E-state index in [0.29, 0.717) is 32.8 Å². The molecule has 1 aliphatic rings. The Kier molecular flexibility index (Phi) is 6.60. The summed E-state index contributed by atoms with van der Waals surface area (Å²) in [5.74, 6) is -0.517. The van der Waals surface area contributed by atoms with E-state index in [0.717, 1.165) is 5.56 Å². The van der Waals surface area contributed by atoms with E-state index in [9.17, 15) is 14.4 Å². The number of alkyl carbamates (subject to hydrolysis) is 1. The Morgan fingerprint density at radius 2 is 1.92 bits per heavy atom. The van der Waals surface area contributed by atoms with Crippen molar-refractivity contribution in [2.45, 2.75) is 19.9 Å². The second-order valence-electron chi connectivity index (χ2n) is 5.60. The topological polar surface area (TPSA) is 87.7 Å². The van der Waals surface area contributed by atoms with Crippen LogP contribution in [0.25, 0.3) is 0 Å². The molecule has 2 N–H and O–H groups in total. The molecule has 1 aromatic carbocycles. The number of rotatable bonds is 7. The number of hydrogen-bond donors (Lipinski definition) is 2. The number of nitrogens with zero attached hydrogens (tertiary/aromatic N) is 1. The van der Waals surface area contributed by atoms with Crippen molar-refractivity contribution in [1.29, 1.82) is 0 Å². The van der Waals surface area contributed by atoms with Crippen molar-refractivity contribution in [2.75, 3.05) is 26.2 Å². The first-order valence-electron chi connectivity index (χ1n) is 8.10. The molecule has 1 atom stereocenters. The Balaban J connectivity index is 1.72. The SMILES string of the molecule is CCOC(=O)NCCNC(=O)C1CC(=O)N(Cc2ccccc2)C1. The van der Waals surface area contributed by atoms with Crippen molar-refractivity contribution in [3.63, 3.8) is 0 Å². The Morgan fingerprint density at radius 1 is 1.21 bits per heavy atom. The van der Waals surface area contributed by atoms with Gasteiger partial charge in [0, 0.05) is 32.6 Å². The van der Waals surface area contributed by atoms with Crippen LogP contribution in [0.2, 0.25) is 0 Å². The van der Waals surface area contributed by atoms with Crippen LogP contribution in [0.1, 0.15) is 18.9 Å². The second kappa shape index (κ2) is 8.90. The van der Waals surface area contributed by atoms with Gasteiger partial charge in [-0.1, -0.05) is 30.3 Å². The summed E-state index contributed by atoms with van der Waals surface area (Å²) in [6.45, 7) is 3.57. The molecule has 0 aliphatic carbocycles. The lowest BCUT2D eigenvalue weighted by Gasteiger charge is -2.16. The van der Waals surface area contributed by atoms with Gasteiger partial charge >= 0.3 is 6.09 Å². The van der Waals surface area contributed by atoms with Crippen LogP contribution in [-0.2, 0) is 20.9 Å². The fraction of sp³-hybridized carbons (Fsp3) is 0.471. The number of nitrogens with one attached hydrogen (secondary N) is 2. The number of likely N-dealkylation sites (tertiary alicyclic amines) is 1. The molecule has 1 unspecified atom stereocenters. The minimum atomic E-state index is -0.503. The van der Waals surface area contributed by atoms with Crippen molar-refractivity contribution in [1.82, 2.24) is 15.5 Å². The van der Waals surface area contributed by atoms with Crippen LogP contribution in [0.15, 0.2) is 30.3 Å². The molecule has 0 radical (unpaired) electrons. The Morgan fingerprint density at radius 3 is 2.62 bits per heavy atom. The van der Waals surface area contributed by atoms with E-state index in [4.69, 9.17) is 4.74 Å². The molecule has 0 spiro atoms. The predicted octanol–water partition coefficient (Wildman–Crippen LogP) is 0.897. The van der Waals surface area contributed by atoms with Gasteiger partial charge in [-0.2, -0.15) is 0 Å². The molecule has 0 saturated carbocycles. The summed E-state index contributed by atoms with van der Waals surface area (Å²) < 4.78 is 4.72. The van der Waals surface area contributed by atoms with Crippen molar-refractivity contribution in [3.05, 3.63) is 35.9 Å². The van der Waals surface area contributed by atoms with Crippen LogP contribution in [0, 0.1) is 5.92 Å². The predicted molar refractivity (Wildman–Crippen MR) is 88.0 cm³/mol. The van der Waals surface area contributed by atoms with Gasteiger partial charge in [-0.15, -0.1) is 0 Å². The maximum Gasteiger partial charge on any atom is 0.407 e. The molecule has 24 heavy (non-hydrogen) atoms. The highest BCUT2D eigenvalue weighted by Gasteiger charge is 2.33. The third kappa shape index (κ3) is 5.26. The highest BCUT2D eigenvalue weighted by molar-refractivity contribution is 5.89. The van der Waals surface area contributed by atoms with E-state index >= 15 is 0 Å². The van der Waals surface area contributed by atoms with Crippen LogP contribution in [0.5, 0.6) is 0 Å². The lowest BCUT2D eigenvalue weighted by Crippen LogP contribution is -2.38. The Labute approximate surface area is 141 Å². The van der Waals surface area contributed by atoms with Crippen LogP contribution in [-0.4, -0.2) is 49.0 Å². The van der Waals surface area contributed by atoms with Gasteiger partial charge in [0.15, 0.2) is 0 Å². The van der Waals surface area contributed by atoms with Crippen LogP contribution in [0.4, 0.5) is 4.79 Å². The Bertz CT molecular complexity index is 576. The van der Waals surface area contributed by atoms with Crippen molar-refractivity contribution in [3.8, 4) is 0 Å². The minimum Gasteiger partial charge on any atom is -0.450 e. The van der Waals surface area contributed by atoms with E-state index in [1.54, 1.807) is 11.8 Å². The molecule has 7 heteroatoms. The molecule has 0 bridgehead atoms. The molecule has 130 valence electrons. The van der Waals surface area contributed by atoms with Crippen molar-refractivity contribution >= 4 is 17.9 Å². The normalized spacial score (nSPS) is 16.8. The summed E-state index contributed by atoms with van der Waals surface area (Å²) in [4.78, 5) is 37.0. The van der Waals surface area contributed by atoms with E-state index in [2.05, 4.69) is 10.6 Å². The molecular weight excluding hydrogens is 310 g/mol. The summed E-state index contributed by atoms with van der Waals surface area (Å²) >= 11 is 0. The summed E-state index contributed by atoms with van der Waals surface area (Å²) in [5.41, 5.74) is 1.05. The van der Waals surface area contributed by atoms with E-state index in [1.165, 1.54) is 0 Å². The number of carbonyl (C=O) groups is 3. The summed E-state index contributed by atoms with van der Waals surface area (Å²) in [6, 6.07) is 9.70. The first kappa shape index (κ1) is 17.8. The van der Waals surface area contributed by atoms with Crippen molar-refractivity contribution in [2.24, 2.45) is 5.92 Å². The van der Waals surface area contributed by atoms with Crippen LogP contribution >= 0.6 is 0 Å². The molecule has 1 aromatic rings. The van der Waals surface area contributed by atoms with E-state index in [1.807, 2.05) is 30.3 Å². The smallest absolute Gasteiger partial charge is 0.407 e. The summed E-state index contributed by atoms with van der Waals surface area (Å²) in [5, 5.41) is 5.27. The molecule has 1 heterocycles. The molecular formula is C17H23N3O4. The third-order valence-electron chi connectivity index (χ3n) is 3.77. The van der Waals surface area contributed by atoms with Gasteiger partial charge in [0.1, 0.15) is 0 Å². The zero-order valence-electron chi connectivity index (χ0n) is 13.8. The third-order valence-corrected chi connectivity index (χ3v) is 3.77. The number of hydrogen-bond acceptors (Lipinski definition) is 4. The van der Waals surface area contributed by atoms with Gasteiger partial charge in [-0.05, 0) is 12.5 Å². The lowest BCUT2D eigenvalue weighted by atomic mass is 10.1. The molecule has 1 saturated heterocycles. The van der Waals surface area contributed by atoms with Crippen molar-refractivity contribution < 1.29 is 19.1 Å². The quantitative estimate of drug-likeness (QED) is 0.726. The maximum absolute atomic E-state index is 12.1. The van der Waals surface area contributed by atoms with Gasteiger partial charge in [-0.25, -0.2) is 4.79 Å². The summed E-state index contributed by atoms with van der Waals surface area (Å²) in [7, 11) is 0. The molecule has 1 fully saturated rings. The number of ether oxygens (including phenoxy) is 1. The van der Waals surface area contributed by atoms with Gasteiger partial charge < -0.3 is 20.3 Å². The molecule has 7 nitrogen and oxygen atoms in total. The molecule has 2 rings (SSSR count). The minimum absolute atomic E-state index is 0.0105. The molecule has 3 amide bonds. The van der Waals surface area contributed by atoms with Gasteiger partial charge in [0.2, 0.25) is 11.8 Å². The van der Waals surface area contributed by atoms with Crippen LogP contribution in [0.3, 0.4) is 0 Å². The lowest BCUT2D eigenvalue weighted by molar-refractivity contribution is -0.129. The second-order valence-corrected chi connectivity index (χ2v) is 5.60. The summed E-state index contributed by atoms with van der Waals surface area (Å²) in [6.07, 6.45) is -0.277. The van der Waals surface area contributed by atoms with E-state index < -0.39 is 6.09 Å². The van der Waals surface area contributed by atoms with Gasteiger partial charge in [-0.3, -0.25) is 9.59 Å². The molecule has 0 aromatic heterocycles. The number of benzene rings is 1. The standard InChI is InChI=1S/C17H23N3O4/c1-2-24-17(23)19-9-8-18-16(22)14-10-15(21)20(12-14)11-13-6-4-3-5-7-13/h3-7,14H,2,8-12H2,1H3,(H,18,22)(H,19,23). The first-order chi connectivity index (χ1) is 11.6. The fourth-order valence-electron chi connectivity index (χ4n) is 2.58. The highest BCUT2D eigenvalue weighted by Crippen LogP contribution is 2.20. The average Bonchev–Trinajstić information content (AvgIpc) is 2.93. The average molecular weight is 333 g/mol. The highest BCUT2D eigenvalue weighted by atomic mass is 16.5. The maximum atomic E-state index is 12.1. The zero-order valence-corrected chi connectivity index (χ0v) is 13.8. The first-order valence-corrected chi connectivity index (χ1v) is 8.10. The Hall–Kier alpha value is -2.57. The number of carbonyl (C=O) groups excluding carboxylic acids is 3. The monoisotopic (exact) mass is 333 g/mol. The molecule has 1 aliphatic heterocycles. The van der Waals surface area contributed by atoms with Gasteiger partial charge in [0.05, 0.1) is 12.5 Å². The van der Waals surface area contributed by atoms with Gasteiger partial charge in [0.25, 0.3) is 0 Å². The zero-order chi connectivity index (χ0) is 17.4. The van der Waals surface area contributed by atoms with E-state index in [-0.39, 0.29) is 24.2 Å². The van der Waals surface area contributed by atoms with Crippen LogP contribution < -0.4 is 10.6 Å².